The molecule has 0 radical (unpaired) electrons. The van der Waals surface area contributed by atoms with Crippen molar-refractivity contribution in [3.63, 3.8) is 0 Å². The molecule has 4 fully saturated rings. The van der Waals surface area contributed by atoms with Crippen molar-refractivity contribution in [1.29, 1.82) is 0 Å². The minimum Gasteiger partial charge on any atom is -0.550 e. The number of rotatable bonds is 5. The highest BCUT2D eigenvalue weighted by Crippen LogP contribution is 2.53. The molecule has 0 aromatic rings. The first-order valence-electron chi connectivity index (χ1n) is 7.19. The monoisotopic (exact) mass is 265 g/mol. The van der Waals surface area contributed by atoms with E-state index in [0.29, 0.717) is 11.8 Å². The maximum Gasteiger partial charge on any atom is 0.0588 e. The minimum absolute atomic E-state index is 0.148. The van der Waals surface area contributed by atoms with Crippen LogP contribution in [0.1, 0.15) is 38.5 Å². The zero-order chi connectivity index (χ0) is 13.6. The Bertz CT molecular complexity index is 367. The Hall–Kier alpha value is -1.10. The Balaban J connectivity index is 1.68. The molecule has 106 valence electrons. The molecule has 0 spiro atoms. The molecule has 19 heavy (non-hydrogen) atoms. The number of carbonyl (C=O) groups excluding carboxylic acids is 2. The highest BCUT2D eigenvalue weighted by atomic mass is 16.4. The molecule has 0 saturated heterocycles. The molecule has 5 heteroatoms. The van der Waals surface area contributed by atoms with Gasteiger partial charge in [-0.05, 0) is 55.8 Å². The van der Waals surface area contributed by atoms with E-state index >= 15 is 0 Å². The average molecular weight is 265 g/mol. The van der Waals surface area contributed by atoms with E-state index in [-0.39, 0.29) is 6.04 Å². The van der Waals surface area contributed by atoms with Gasteiger partial charge in [0.1, 0.15) is 0 Å². The first kappa shape index (κ1) is 12.9. The summed E-state index contributed by atoms with van der Waals surface area (Å²) >= 11 is 0. The number of hydrogen-bond acceptors (Lipinski definition) is 5. The molecule has 4 aliphatic carbocycles. The van der Waals surface area contributed by atoms with Gasteiger partial charge < -0.3 is 25.1 Å². The van der Waals surface area contributed by atoms with Crippen LogP contribution >= 0.6 is 0 Å². The molecule has 1 atom stereocenters. The summed E-state index contributed by atoms with van der Waals surface area (Å²) in [6.07, 6.45) is 5.48. The predicted octanol–water partition coefficient (Wildman–Crippen LogP) is -1.34. The van der Waals surface area contributed by atoms with E-state index in [2.05, 4.69) is 5.32 Å². The summed E-state index contributed by atoms with van der Waals surface area (Å²) in [5.41, 5.74) is 0. The first-order chi connectivity index (χ1) is 9.02. The third-order valence-electron chi connectivity index (χ3n) is 5.28. The van der Waals surface area contributed by atoms with E-state index in [9.17, 15) is 19.8 Å². The third kappa shape index (κ3) is 2.48. The normalized spacial score (nSPS) is 41.2. The van der Waals surface area contributed by atoms with Gasteiger partial charge in [0, 0.05) is 18.4 Å². The summed E-state index contributed by atoms with van der Waals surface area (Å²) in [7, 11) is 0. The fraction of sp³-hybridized carbons (Fsp3) is 0.857. The number of carbonyl (C=O) groups is 2. The van der Waals surface area contributed by atoms with Crippen LogP contribution in [0.25, 0.3) is 0 Å². The van der Waals surface area contributed by atoms with E-state index in [4.69, 9.17) is 0 Å². The molecule has 1 unspecified atom stereocenters. The van der Waals surface area contributed by atoms with E-state index in [1.807, 2.05) is 0 Å². The number of hydrogen-bond donors (Lipinski definition) is 1. The Kier molecular flexibility index (Phi) is 3.25. The van der Waals surface area contributed by atoms with E-state index in [1.54, 1.807) is 0 Å². The van der Waals surface area contributed by atoms with Crippen molar-refractivity contribution in [2.45, 2.75) is 50.6 Å². The van der Waals surface area contributed by atoms with E-state index in [1.165, 1.54) is 6.42 Å². The van der Waals surface area contributed by atoms with Crippen molar-refractivity contribution in [3.8, 4) is 0 Å². The number of carboxylic acid groups (broad SMARTS) is 2. The summed E-state index contributed by atoms with van der Waals surface area (Å²) in [5.74, 6) is -0.0329. The lowest BCUT2D eigenvalue weighted by molar-refractivity contribution is -0.318. The second kappa shape index (κ2) is 4.78. The van der Waals surface area contributed by atoms with Gasteiger partial charge in [0.05, 0.1) is 12.0 Å². The molecule has 5 nitrogen and oxygen atoms in total. The van der Waals surface area contributed by atoms with Gasteiger partial charge in [-0.2, -0.15) is 0 Å². The number of nitrogens with one attached hydrogen (secondary N) is 1. The van der Waals surface area contributed by atoms with Gasteiger partial charge in [-0.25, -0.2) is 0 Å². The second-order valence-corrected chi connectivity index (χ2v) is 6.57. The summed E-state index contributed by atoms with van der Waals surface area (Å²) in [4.78, 5) is 21.7. The van der Waals surface area contributed by atoms with Crippen LogP contribution in [0.3, 0.4) is 0 Å². The van der Waals surface area contributed by atoms with Crippen molar-refractivity contribution in [3.05, 3.63) is 0 Å². The summed E-state index contributed by atoms with van der Waals surface area (Å²) in [6, 6.07) is -0.970. The molecular formula is C14H19NO4-2. The van der Waals surface area contributed by atoms with Crippen LogP contribution in [0.15, 0.2) is 0 Å². The topological polar surface area (TPSA) is 92.3 Å². The van der Waals surface area contributed by atoms with Gasteiger partial charge >= 0.3 is 0 Å². The zero-order valence-electron chi connectivity index (χ0n) is 10.8. The van der Waals surface area contributed by atoms with Gasteiger partial charge in [0.15, 0.2) is 0 Å². The van der Waals surface area contributed by atoms with E-state index < -0.39 is 24.4 Å². The van der Waals surface area contributed by atoms with Crippen LogP contribution in [-0.4, -0.2) is 24.0 Å². The molecule has 4 bridgehead atoms. The summed E-state index contributed by atoms with van der Waals surface area (Å²) < 4.78 is 0. The summed E-state index contributed by atoms with van der Waals surface area (Å²) in [5, 5.41) is 24.7. The molecule has 0 aromatic carbocycles. The van der Waals surface area contributed by atoms with E-state index in [0.717, 1.165) is 37.5 Å². The van der Waals surface area contributed by atoms with Gasteiger partial charge in [0.2, 0.25) is 0 Å². The Labute approximate surface area is 112 Å². The van der Waals surface area contributed by atoms with Crippen LogP contribution < -0.4 is 15.5 Å². The zero-order valence-corrected chi connectivity index (χ0v) is 10.8. The molecular weight excluding hydrogens is 246 g/mol. The van der Waals surface area contributed by atoms with Crippen molar-refractivity contribution >= 4 is 11.9 Å². The fourth-order valence-corrected chi connectivity index (χ4v) is 4.81. The fourth-order valence-electron chi connectivity index (χ4n) is 4.81. The molecule has 4 rings (SSSR count). The first-order valence-corrected chi connectivity index (χ1v) is 7.19. The van der Waals surface area contributed by atoms with Crippen molar-refractivity contribution in [2.24, 2.45) is 23.7 Å². The highest BCUT2D eigenvalue weighted by molar-refractivity contribution is 5.78. The van der Waals surface area contributed by atoms with Gasteiger partial charge in [-0.15, -0.1) is 0 Å². The smallest absolute Gasteiger partial charge is 0.0588 e. The Morgan fingerprint density at radius 3 is 1.95 bits per heavy atom. The van der Waals surface area contributed by atoms with Crippen LogP contribution in [-0.2, 0) is 9.59 Å². The lowest BCUT2D eigenvalue weighted by Crippen LogP contribution is -2.60. The molecule has 1 N–H and O–H groups in total. The average Bonchev–Trinajstić information content (AvgIpc) is 2.30. The van der Waals surface area contributed by atoms with Crippen molar-refractivity contribution in [2.75, 3.05) is 0 Å². The largest absolute Gasteiger partial charge is 0.550 e. The Morgan fingerprint density at radius 2 is 1.53 bits per heavy atom. The maximum atomic E-state index is 11.0. The standard InChI is InChI=1S/C14H21NO4/c16-12(17)6-11(14(18)19)15-13-9-2-7-1-8(4-9)5-10(13)3-7/h7-11,13,15H,1-6H2,(H,16,17)(H,18,19)/p-2. The van der Waals surface area contributed by atoms with Gasteiger partial charge in [-0.1, -0.05) is 0 Å². The van der Waals surface area contributed by atoms with Crippen LogP contribution in [0.5, 0.6) is 0 Å². The van der Waals surface area contributed by atoms with Gasteiger partial charge in [0.25, 0.3) is 0 Å². The van der Waals surface area contributed by atoms with Crippen molar-refractivity contribution in [1.82, 2.24) is 5.32 Å². The minimum atomic E-state index is -1.34. The quantitative estimate of drug-likeness (QED) is 0.664. The second-order valence-electron chi connectivity index (χ2n) is 6.57. The lowest BCUT2D eigenvalue weighted by Gasteiger charge is -2.55. The number of aliphatic carboxylic acids is 2. The third-order valence-corrected chi connectivity index (χ3v) is 5.28. The predicted molar refractivity (Wildman–Crippen MR) is 62.4 cm³/mol. The summed E-state index contributed by atoms with van der Waals surface area (Å²) in [6.45, 7) is 0. The van der Waals surface area contributed by atoms with Crippen LogP contribution in [0.2, 0.25) is 0 Å². The Morgan fingerprint density at radius 1 is 1.00 bits per heavy atom. The van der Waals surface area contributed by atoms with Crippen LogP contribution in [0, 0.1) is 23.7 Å². The van der Waals surface area contributed by atoms with Crippen molar-refractivity contribution < 1.29 is 19.8 Å². The molecule has 0 aromatic heterocycles. The molecule has 4 saturated carbocycles. The maximum absolute atomic E-state index is 11.0. The molecule has 0 amide bonds. The number of carboxylic acids is 2. The van der Waals surface area contributed by atoms with Crippen LogP contribution in [0.4, 0.5) is 0 Å². The lowest BCUT2D eigenvalue weighted by atomic mass is 9.54. The molecule has 4 aliphatic rings. The highest BCUT2D eigenvalue weighted by Gasteiger charge is 2.48. The SMILES string of the molecule is O=C([O-])CC(NC1C2CC3CC(C2)CC1C3)C(=O)[O-]. The van der Waals surface area contributed by atoms with Gasteiger partial charge in [-0.3, -0.25) is 0 Å². The molecule has 0 heterocycles. The molecule has 0 aliphatic heterocycles.